The molecule has 4 aromatic rings. The van der Waals surface area contributed by atoms with Gasteiger partial charge in [-0.15, -0.1) is 0 Å². The lowest BCUT2D eigenvalue weighted by Crippen LogP contribution is -2.27. The Kier molecular flexibility index (Phi) is 3.99. The molecule has 0 bridgehead atoms. The molecule has 1 aromatic carbocycles. The second-order valence-electron chi connectivity index (χ2n) is 7.36. The molecule has 0 aliphatic heterocycles. The largest absolute Gasteiger partial charge is 0.504 e. The van der Waals surface area contributed by atoms with Crippen LogP contribution in [0, 0.1) is 0 Å². The van der Waals surface area contributed by atoms with Crippen LogP contribution in [0.2, 0.25) is 0 Å². The van der Waals surface area contributed by atoms with Crippen LogP contribution in [0.15, 0.2) is 43.1 Å². The maximum Gasteiger partial charge on any atom is 0.419 e. The van der Waals surface area contributed by atoms with Crippen molar-refractivity contribution in [2.75, 3.05) is 7.11 Å². The van der Waals surface area contributed by atoms with Gasteiger partial charge in [-0.3, -0.25) is 4.57 Å². The number of fused-ring (bicyclic) bond motifs is 3. The first kappa shape index (κ1) is 17.8. The zero-order valence-electron chi connectivity index (χ0n) is 16.0. The third-order valence-electron chi connectivity index (χ3n) is 4.28. The molecule has 0 atom stereocenters. The predicted molar refractivity (Wildman–Crippen MR) is 104 cm³/mol. The number of rotatable bonds is 2. The zero-order valence-corrected chi connectivity index (χ0v) is 16.0. The average molecular weight is 380 g/mol. The van der Waals surface area contributed by atoms with Gasteiger partial charge in [0.15, 0.2) is 11.5 Å². The lowest BCUT2D eigenvalue weighted by Gasteiger charge is -2.20. The fraction of sp³-hybridized carbons (Fsp3) is 0.250. The quantitative estimate of drug-likeness (QED) is 0.568. The zero-order chi connectivity index (χ0) is 20.1. The summed E-state index contributed by atoms with van der Waals surface area (Å²) in [5, 5.41) is 11.7. The highest BCUT2D eigenvalue weighted by molar-refractivity contribution is 6.16. The number of aromatic hydroxyl groups is 1. The Labute approximate surface area is 161 Å². The predicted octanol–water partition coefficient (Wildman–Crippen LogP) is 3.87. The molecule has 0 aliphatic rings. The van der Waals surface area contributed by atoms with E-state index in [0.717, 1.165) is 5.39 Å². The number of nitrogens with zero attached hydrogens (tertiary/aromatic N) is 4. The molecule has 8 nitrogen and oxygen atoms in total. The van der Waals surface area contributed by atoms with E-state index in [1.807, 2.05) is 0 Å². The summed E-state index contributed by atoms with van der Waals surface area (Å²) in [7, 11) is 1.48. The Hall–Kier alpha value is -3.55. The number of carbonyl (C=O) groups excluding carboxylic acids is 1. The fourth-order valence-corrected chi connectivity index (χ4v) is 3.21. The number of benzene rings is 1. The molecule has 3 heterocycles. The molecule has 0 fully saturated rings. The molecular weight excluding hydrogens is 360 g/mol. The number of imidazole rings is 1. The van der Waals surface area contributed by atoms with Crippen molar-refractivity contribution in [3.8, 4) is 17.3 Å². The Balaban J connectivity index is 2.12. The minimum atomic E-state index is -0.672. The first-order valence-electron chi connectivity index (χ1n) is 8.72. The van der Waals surface area contributed by atoms with Gasteiger partial charge in [-0.05, 0) is 32.9 Å². The van der Waals surface area contributed by atoms with Crippen LogP contribution in [0.25, 0.3) is 27.6 Å². The van der Waals surface area contributed by atoms with E-state index >= 15 is 0 Å². The van der Waals surface area contributed by atoms with E-state index in [-0.39, 0.29) is 5.75 Å². The number of phenolic OH excluding ortho intramolecular Hbond substituents is 1. The van der Waals surface area contributed by atoms with Crippen LogP contribution in [0.3, 0.4) is 0 Å². The molecule has 0 radical (unpaired) electrons. The molecule has 0 amide bonds. The minimum absolute atomic E-state index is 0.0697. The minimum Gasteiger partial charge on any atom is -0.504 e. The third kappa shape index (κ3) is 2.83. The summed E-state index contributed by atoms with van der Waals surface area (Å²) in [5.41, 5.74) is 0.432. The highest BCUT2D eigenvalue weighted by atomic mass is 16.6. The van der Waals surface area contributed by atoms with Gasteiger partial charge in [0.2, 0.25) is 0 Å². The molecule has 0 unspecified atom stereocenters. The Bertz CT molecular complexity index is 1190. The maximum absolute atomic E-state index is 13.0. The topological polar surface area (TPSA) is 91.4 Å². The molecule has 0 saturated carbocycles. The Morgan fingerprint density at radius 1 is 1.18 bits per heavy atom. The van der Waals surface area contributed by atoms with Gasteiger partial charge in [-0.25, -0.2) is 19.3 Å². The summed E-state index contributed by atoms with van der Waals surface area (Å²) in [6, 6.07) is 4.93. The SMILES string of the molecule is COc1cc2c3c(-n4ccnc4)nccc3n(C(=O)OC(C)(C)C)c2cc1O. The second-order valence-corrected chi connectivity index (χ2v) is 7.36. The van der Waals surface area contributed by atoms with Crippen molar-refractivity contribution in [3.05, 3.63) is 43.1 Å². The van der Waals surface area contributed by atoms with Crippen molar-refractivity contribution in [2.24, 2.45) is 0 Å². The highest BCUT2D eigenvalue weighted by Crippen LogP contribution is 2.39. The average Bonchev–Trinajstić information content (AvgIpc) is 3.25. The van der Waals surface area contributed by atoms with Gasteiger partial charge in [0.25, 0.3) is 0 Å². The summed E-state index contributed by atoms with van der Waals surface area (Å²) in [4.78, 5) is 21.6. The van der Waals surface area contributed by atoms with E-state index in [0.29, 0.717) is 28.0 Å². The van der Waals surface area contributed by atoms with Crippen molar-refractivity contribution in [1.29, 1.82) is 0 Å². The highest BCUT2D eigenvalue weighted by Gasteiger charge is 2.25. The number of methoxy groups -OCH3 is 1. The van der Waals surface area contributed by atoms with Crippen LogP contribution in [-0.4, -0.2) is 43.0 Å². The van der Waals surface area contributed by atoms with Crippen molar-refractivity contribution in [1.82, 2.24) is 19.1 Å². The molecule has 1 N–H and O–H groups in total. The number of phenols is 1. The van der Waals surface area contributed by atoms with Crippen LogP contribution in [0.4, 0.5) is 4.79 Å². The van der Waals surface area contributed by atoms with Crippen molar-refractivity contribution in [3.63, 3.8) is 0 Å². The third-order valence-corrected chi connectivity index (χ3v) is 4.28. The Morgan fingerprint density at radius 3 is 2.61 bits per heavy atom. The van der Waals surface area contributed by atoms with Crippen LogP contribution in [0.5, 0.6) is 11.5 Å². The molecule has 0 aliphatic carbocycles. The van der Waals surface area contributed by atoms with E-state index in [2.05, 4.69) is 9.97 Å². The monoisotopic (exact) mass is 380 g/mol. The van der Waals surface area contributed by atoms with Crippen LogP contribution >= 0.6 is 0 Å². The summed E-state index contributed by atoms with van der Waals surface area (Å²) >= 11 is 0. The fourth-order valence-electron chi connectivity index (χ4n) is 3.21. The van der Waals surface area contributed by atoms with E-state index in [4.69, 9.17) is 9.47 Å². The second kappa shape index (κ2) is 6.26. The number of hydrogen-bond donors (Lipinski definition) is 1. The number of hydrogen-bond acceptors (Lipinski definition) is 6. The molecular formula is C20H20N4O4. The van der Waals surface area contributed by atoms with Crippen LogP contribution < -0.4 is 4.74 Å². The molecule has 8 heteroatoms. The molecule has 144 valence electrons. The van der Waals surface area contributed by atoms with E-state index in [9.17, 15) is 9.90 Å². The number of aromatic nitrogens is 4. The van der Waals surface area contributed by atoms with Crippen LogP contribution in [-0.2, 0) is 4.74 Å². The lowest BCUT2D eigenvalue weighted by molar-refractivity contribution is 0.0551. The van der Waals surface area contributed by atoms with E-state index in [1.165, 1.54) is 17.7 Å². The first-order valence-corrected chi connectivity index (χ1v) is 8.72. The lowest BCUT2D eigenvalue weighted by atomic mass is 10.1. The molecule has 0 spiro atoms. The van der Waals surface area contributed by atoms with Gasteiger partial charge in [0.1, 0.15) is 17.7 Å². The molecule has 0 saturated heterocycles. The summed E-state index contributed by atoms with van der Waals surface area (Å²) in [6.45, 7) is 5.41. The standard InChI is InChI=1S/C20H20N4O4/c1-20(2,3)28-19(26)24-13-5-6-22-18(23-8-7-21-11-23)17(13)12-9-16(27-4)15(25)10-14(12)24/h5-11,25H,1-4H3. The smallest absolute Gasteiger partial charge is 0.419 e. The van der Waals surface area contributed by atoms with Gasteiger partial charge in [0, 0.05) is 30.0 Å². The van der Waals surface area contributed by atoms with Crippen molar-refractivity contribution < 1.29 is 19.4 Å². The van der Waals surface area contributed by atoms with Crippen molar-refractivity contribution >= 4 is 27.9 Å². The van der Waals surface area contributed by atoms with E-state index in [1.54, 1.807) is 62.4 Å². The maximum atomic E-state index is 13.0. The van der Waals surface area contributed by atoms with Gasteiger partial charge in [-0.2, -0.15) is 0 Å². The first-order chi connectivity index (χ1) is 13.3. The summed E-state index contributed by atoms with van der Waals surface area (Å²) < 4.78 is 14.1. The van der Waals surface area contributed by atoms with Gasteiger partial charge in [0.05, 0.1) is 23.5 Å². The summed E-state index contributed by atoms with van der Waals surface area (Å²) in [6.07, 6.45) is 6.14. The number of ether oxygens (including phenoxy) is 2. The van der Waals surface area contributed by atoms with Gasteiger partial charge in [-0.1, -0.05) is 0 Å². The van der Waals surface area contributed by atoms with Crippen LogP contribution in [0.1, 0.15) is 20.8 Å². The Morgan fingerprint density at radius 2 is 1.96 bits per heavy atom. The van der Waals surface area contributed by atoms with Crippen molar-refractivity contribution in [2.45, 2.75) is 26.4 Å². The van der Waals surface area contributed by atoms with Gasteiger partial charge < -0.3 is 14.6 Å². The summed E-state index contributed by atoms with van der Waals surface area (Å²) in [5.74, 6) is 0.839. The molecule has 3 aromatic heterocycles. The number of pyridine rings is 1. The van der Waals surface area contributed by atoms with Gasteiger partial charge >= 0.3 is 6.09 Å². The molecule has 28 heavy (non-hydrogen) atoms. The normalized spacial score (nSPS) is 11.9. The molecule has 4 rings (SSSR count). The number of carbonyl (C=O) groups is 1. The van der Waals surface area contributed by atoms with E-state index < -0.39 is 11.7 Å².